The Labute approximate surface area is 82.7 Å². The SMILES string of the molecule is O=C(O)c1nsc2ccc(Cl)cc12. The highest BCUT2D eigenvalue weighted by Gasteiger charge is 2.12. The summed E-state index contributed by atoms with van der Waals surface area (Å²) in [5.74, 6) is -1.02. The highest BCUT2D eigenvalue weighted by atomic mass is 35.5. The van der Waals surface area contributed by atoms with Gasteiger partial charge in [0.1, 0.15) is 0 Å². The lowest BCUT2D eigenvalue weighted by atomic mass is 10.2. The molecular weight excluding hydrogens is 210 g/mol. The van der Waals surface area contributed by atoms with Gasteiger partial charge in [-0.25, -0.2) is 4.79 Å². The van der Waals surface area contributed by atoms with Crippen LogP contribution in [0, 0.1) is 0 Å². The minimum Gasteiger partial charge on any atom is -0.476 e. The first-order valence-corrected chi connectivity index (χ1v) is 4.62. The number of hydrogen-bond acceptors (Lipinski definition) is 3. The molecule has 2 aromatic rings. The van der Waals surface area contributed by atoms with E-state index in [2.05, 4.69) is 4.37 Å². The molecule has 0 saturated heterocycles. The zero-order chi connectivity index (χ0) is 9.42. The molecule has 0 unspecified atom stereocenters. The number of fused-ring (bicyclic) bond motifs is 1. The molecule has 1 heterocycles. The van der Waals surface area contributed by atoms with Gasteiger partial charge >= 0.3 is 5.97 Å². The molecule has 0 bridgehead atoms. The van der Waals surface area contributed by atoms with Crippen molar-refractivity contribution in [2.75, 3.05) is 0 Å². The summed E-state index contributed by atoms with van der Waals surface area (Å²) in [5.41, 5.74) is 0.0718. The van der Waals surface area contributed by atoms with Crippen molar-refractivity contribution in [1.82, 2.24) is 4.37 Å². The van der Waals surface area contributed by atoms with Crippen molar-refractivity contribution in [1.29, 1.82) is 0 Å². The van der Waals surface area contributed by atoms with Crippen LogP contribution in [-0.4, -0.2) is 15.4 Å². The van der Waals surface area contributed by atoms with E-state index in [-0.39, 0.29) is 5.69 Å². The van der Waals surface area contributed by atoms with Gasteiger partial charge in [0, 0.05) is 10.4 Å². The van der Waals surface area contributed by atoms with Gasteiger partial charge in [0.05, 0.1) is 4.70 Å². The van der Waals surface area contributed by atoms with Crippen molar-refractivity contribution in [3.63, 3.8) is 0 Å². The average Bonchev–Trinajstić information content (AvgIpc) is 2.46. The summed E-state index contributed by atoms with van der Waals surface area (Å²) in [6.45, 7) is 0. The Kier molecular flexibility index (Phi) is 1.94. The Hall–Kier alpha value is -1.13. The normalized spacial score (nSPS) is 10.5. The third-order valence-electron chi connectivity index (χ3n) is 1.63. The van der Waals surface area contributed by atoms with Gasteiger partial charge in [-0.3, -0.25) is 0 Å². The van der Waals surface area contributed by atoms with E-state index in [1.807, 2.05) is 0 Å². The second kappa shape index (κ2) is 2.97. The number of hydrogen-bond donors (Lipinski definition) is 1. The Balaban J connectivity index is 2.79. The number of halogens is 1. The topological polar surface area (TPSA) is 50.2 Å². The quantitative estimate of drug-likeness (QED) is 0.792. The van der Waals surface area contributed by atoms with E-state index in [9.17, 15) is 4.79 Å². The number of carbonyl (C=O) groups is 1. The second-order valence-electron chi connectivity index (χ2n) is 2.48. The fourth-order valence-corrected chi connectivity index (χ4v) is 1.99. The van der Waals surface area contributed by atoms with Crippen molar-refractivity contribution in [2.45, 2.75) is 0 Å². The van der Waals surface area contributed by atoms with E-state index in [0.717, 1.165) is 16.2 Å². The summed E-state index contributed by atoms with van der Waals surface area (Å²) in [5, 5.41) is 9.89. The van der Waals surface area contributed by atoms with Crippen LogP contribution in [0.4, 0.5) is 0 Å². The zero-order valence-corrected chi connectivity index (χ0v) is 7.89. The number of benzene rings is 1. The van der Waals surface area contributed by atoms with Crippen molar-refractivity contribution >= 4 is 39.2 Å². The van der Waals surface area contributed by atoms with E-state index in [4.69, 9.17) is 16.7 Å². The predicted octanol–water partition coefficient (Wildman–Crippen LogP) is 2.65. The average molecular weight is 214 g/mol. The van der Waals surface area contributed by atoms with Crippen LogP contribution in [0.3, 0.4) is 0 Å². The largest absolute Gasteiger partial charge is 0.476 e. The van der Waals surface area contributed by atoms with Crippen LogP contribution in [-0.2, 0) is 0 Å². The second-order valence-corrected chi connectivity index (χ2v) is 3.72. The summed E-state index contributed by atoms with van der Waals surface area (Å²) < 4.78 is 4.65. The van der Waals surface area contributed by atoms with Crippen LogP contribution < -0.4 is 0 Å². The number of carboxylic acids is 1. The molecule has 2 rings (SSSR count). The molecule has 1 aromatic carbocycles. The number of nitrogens with zero attached hydrogens (tertiary/aromatic N) is 1. The highest BCUT2D eigenvalue weighted by molar-refractivity contribution is 7.13. The predicted molar refractivity (Wildman–Crippen MR) is 51.6 cm³/mol. The van der Waals surface area contributed by atoms with Crippen molar-refractivity contribution < 1.29 is 9.90 Å². The lowest BCUT2D eigenvalue weighted by Gasteiger charge is -1.91. The molecule has 0 spiro atoms. The maximum atomic E-state index is 10.7. The minimum absolute atomic E-state index is 0.0718. The molecule has 0 fully saturated rings. The lowest BCUT2D eigenvalue weighted by molar-refractivity contribution is 0.0694. The fourth-order valence-electron chi connectivity index (χ4n) is 1.07. The molecule has 5 heteroatoms. The molecule has 1 N–H and O–H groups in total. The van der Waals surface area contributed by atoms with Gasteiger partial charge in [0.25, 0.3) is 0 Å². The van der Waals surface area contributed by atoms with Crippen LogP contribution in [0.5, 0.6) is 0 Å². The number of rotatable bonds is 1. The van der Waals surface area contributed by atoms with Gasteiger partial charge < -0.3 is 5.11 Å². The summed E-state index contributed by atoms with van der Waals surface area (Å²) >= 11 is 6.90. The first-order valence-electron chi connectivity index (χ1n) is 3.47. The standard InChI is InChI=1S/C8H4ClNO2S/c9-4-1-2-6-5(3-4)7(8(11)12)10-13-6/h1-3H,(H,11,12). The van der Waals surface area contributed by atoms with Gasteiger partial charge in [-0.1, -0.05) is 11.6 Å². The summed E-state index contributed by atoms with van der Waals surface area (Å²) in [6, 6.07) is 5.10. The van der Waals surface area contributed by atoms with E-state index >= 15 is 0 Å². The molecular formula is C8H4ClNO2S. The van der Waals surface area contributed by atoms with Crippen LogP contribution in [0.1, 0.15) is 10.5 Å². The van der Waals surface area contributed by atoms with Gasteiger partial charge in [-0.15, -0.1) is 0 Å². The van der Waals surface area contributed by atoms with Crippen LogP contribution in [0.15, 0.2) is 18.2 Å². The van der Waals surface area contributed by atoms with Crippen LogP contribution >= 0.6 is 23.1 Å². The van der Waals surface area contributed by atoms with Crippen molar-refractivity contribution in [3.05, 3.63) is 28.9 Å². The molecule has 0 atom stereocenters. The molecule has 0 aliphatic heterocycles. The first kappa shape index (κ1) is 8.47. The molecule has 0 radical (unpaired) electrons. The Morgan fingerprint density at radius 2 is 2.31 bits per heavy atom. The van der Waals surface area contributed by atoms with Crippen molar-refractivity contribution in [2.24, 2.45) is 0 Å². The van der Waals surface area contributed by atoms with E-state index in [0.29, 0.717) is 10.4 Å². The lowest BCUT2D eigenvalue weighted by Crippen LogP contribution is -1.95. The van der Waals surface area contributed by atoms with Crippen LogP contribution in [0.2, 0.25) is 5.02 Å². The van der Waals surface area contributed by atoms with E-state index < -0.39 is 5.97 Å². The molecule has 13 heavy (non-hydrogen) atoms. The fraction of sp³-hybridized carbons (Fsp3) is 0. The molecule has 66 valence electrons. The molecule has 0 aliphatic rings. The van der Waals surface area contributed by atoms with Crippen LogP contribution in [0.25, 0.3) is 10.1 Å². The first-order chi connectivity index (χ1) is 6.18. The smallest absolute Gasteiger partial charge is 0.356 e. The molecule has 0 amide bonds. The molecule has 0 saturated carbocycles. The Morgan fingerprint density at radius 1 is 1.54 bits per heavy atom. The summed E-state index contributed by atoms with van der Waals surface area (Å²) in [6.07, 6.45) is 0. The number of aromatic carboxylic acids is 1. The Morgan fingerprint density at radius 3 is 3.00 bits per heavy atom. The van der Waals surface area contributed by atoms with E-state index in [1.165, 1.54) is 0 Å². The highest BCUT2D eigenvalue weighted by Crippen LogP contribution is 2.25. The third-order valence-corrected chi connectivity index (χ3v) is 2.70. The Bertz CT molecular complexity index is 480. The van der Waals surface area contributed by atoms with Gasteiger partial charge in [-0.2, -0.15) is 4.37 Å². The molecule has 1 aromatic heterocycles. The number of carboxylic acid groups (broad SMARTS) is 1. The summed E-state index contributed by atoms with van der Waals surface area (Å²) in [4.78, 5) is 10.7. The number of aromatic nitrogens is 1. The van der Waals surface area contributed by atoms with Gasteiger partial charge in [-0.05, 0) is 29.7 Å². The third kappa shape index (κ3) is 1.38. The minimum atomic E-state index is -1.02. The van der Waals surface area contributed by atoms with Gasteiger partial charge in [0.2, 0.25) is 0 Å². The maximum Gasteiger partial charge on any atom is 0.356 e. The van der Waals surface area contributed by atoms with Gasteiger partial charge in [0.15, 0.2) is 5.69 Å². The molecule has 3 nitrogen and oxygen atoms in total. The maximum absolute atomic E-state index is 10.7. The molecule has 0 aliphatic carbocycles. The zero-order valence-electron chi connectivity index (χ0n) is 6.32. The summed E-state index contributed by atoms with van der Waals surface area (Å²) in [7, 11) is 0. The van der Waals surface area contributed by atoms with E-state index in [1.54, 1.807) is 18.2 Å². The monoisotopic (exact) mass is 213 g/mol. The van der Waals surface area contributed by atoms with Crippen molar-refractivity contribution in [3.8, 4) is 0 Å².